The van der Waals surface area contributed by atoms with E-state index in [0.717, 1.165) is 15.7 Å². The highest BCUT2D eigenvalue weighted by atomic mass is 16.6. The number of hydrogen-bond donors (Lipinski definition) is 0. The summed E-state index contributed by atoms with van der Waals surface area (Å²) in [6.07, 6.45) is 1.50. The third-order valence-electron chi connectivity index (χ3n) is 5.63. The van der Waals surface area contributed by atoms with Crippen molar-refractivity contribution in [2.75, 3.05) is 26.9 Å². The van der Waals surface area contributed by atoms with Crippen LogP contribution < -0.4 is 16.0 Å². The Morgan fingerprint density at radius 2 is 1.69 bits per heavy atom. The van der Waals surface area contributed by atoms with Gasteiger partial charge in [0.1, 0.15) is 25.5 Å². The molecule has 2 aromatic heterocycles. The zero-order valence-corrected chi connectivity index (χ0v) is 20.3. The Morgan fingerprint density at radius 3 is 2.42 bits per heavy atom. The molecule has 188 valence electrons. The molecule has 2 heterocycles. The van der Waals surface area contributed by atoms with E-state index in [1.165, 1.54) is 10.9 Å². The molecule has 0 saturated carbocycles. The van der Waals surface area contributed by atoms with Crippen molar-refractivity contribution < 1.29 is 19.0 Å². The zero-order chi connectivity index (χ0) is 25.5. The number of ether oxygens (including phenoxy) is 3. The Balaban J connectivity index is 1.56. The highest BCUT2D eigenvalue weighted by Gasteiger charge is 2.20. The molecule has 0 aliphatic carbocycles. The number of esters is 1. The molecule has 0 saturated heterocycles. The molecule has 0 atom stereocenters. The molecular weight excluding hydrogens is 464 g/mol. The number of carbonyl (C=O) groups excluding carboxylic acids is 1. The second-order valence-corrected chi connectivity index (χ2v) is 8.23. The fourth-order valence-corrected chi connectivity index (χ4v) is 3.77. The topological polar surface area (TPSA) is 107 Å². The highest BCUT2D eigenvalue weighted by Crippen LogP contribution is 2.12. The summed E-state index contributed by atoms with van der Waals surface area (Å²) in [6.45, 7) is 2.49. The summed E-state index contributed by atoms with van der Waals surface area (Å²) < 4.78 is 19.8. The second-order valence-electron chi connectivity index (χ2n) is 8.23. The van der Waals surface area contributed by atoms with Gasteiger partial charge in [-0.15, -0.1) is 0 Å². The van der Waals surface area contributed by atoms with Gasteiger partial charge in [-0.3, -0.25) is 14.2 Å². The summed E-state index contributed by atoms with van der Waals surface area (Å²) in [5.74, 6) is -0.0540. The van der Waals surface area contributed by atoms with E-state index >= 15 is 0 Å². The predicted molar refractivity (Wildman–Crippen MR) is 133 cm³/mol. The first kappa shape index (κ1) is 24.9. The quantitative estimate of drug-likeness (QED) is 0.233. The van der Waals surface area contributed by atoms with Gasteiger partial charge in [0, 0.05) is 13.7 Å². The number of nitrogens with zero attached hydrogens (tertiary/aromatic N) is 4. The van der Waals surface area contributed by atoms with Crippen LogP contribution >= 0.6 is 0 Å². The number of aryl methyl sites for hydroxylation is 1. The number of hydrogen-bond acceptors (Lipinski definition) is 7. The molecule has 36 heavy (non-hydrogen) atoms. The van der Waals surface area contributed by atoms with E-state index in [1.807, 2.05) is 61.5 Å². The maximum absolute atomic E-state index is 13.3. The van der Waals surface area contributed by atoms with Crippen LogP contribution in [-0.2, 0) is 33.9 Å². The van der Waals surface area contributed by atoms with Gasteiger partial charge >= 0.3 is 11.7 Å². The van der Waals surface area contributed by atoms with Crippen LogP contribution in [0.15, 0.2) is 70.5 Å². The van der Waals surface area contributed by atoms with Crippen molar-refractivity contribution in [2.45, 2.75) is 26.6 Å². The summed E-state index contributed by atoms with van der Waals surface area (Å²) in [6, 6.07) is 16.8. The van der Waals surface area contributed by atoms with Crippen molar-refractivity contribution in [3.05, 3.63) is 92.9 Å². The van der Waals surface area contributed by atoms with Gasteiger partial charge in [0.2, 0.25) is 0 Å². The molecule has 0 radical (unpaired) electrons. The average molecular weight is 493 g/mol. The van der Waals surface area contributed by atoms with Crippen molar-refractivity contribution in [3.8, 4) is 5.75 Å². The molecule has 4 rings (SSSR count). The summed E-state index contributed by atoms with van der Waals surface area (Å²) in [7, 11) is 1.56. The third-order valence-corrected chi connectivity index (χ3v) is 5.63. The largest absolute Gasteiger partial charge is 0.490 e. The predicted octanol–water partition coefficient (Wildman–Crippen LogP) is 1.99. The lowest BCUT2D eigenvalue weighted by molar-refractivity contribution is -0.145. The summed E-state index contributed by atoms with van der Waals surface area (Å²) in [5.41, 5.74) is 1.19. The minimum atomic E-state index is -0.713. The Morgan fingerprint density at radius 1 is 0.944 bits per heavy atom. The molecular formula is C26H28N4O6. The van der Waals surface area contributed by atoms with E-state index in [0.29, 0.717) is 18.9 Å². The van der Waals surface area contributed by atoms with Gasteiger partial charge in [0.15, 0.2) is 11.2 Å². The standard InChI is InChI=1S/C26H28N4O6/c1-19-8-10-21(11-9-19)35-14-15-36-22(31)17-30-25(32)23-24(27-18-28(23)12-13-34-2)29(26(30)33)16-20-6-4-3-5-7-20/h3-11,18H,12-17H2,1-2H3. The van der Waals surface area contributed by atoms with E-state index in [4.69, 9.17) is 14.2 Å². The minimum Gasteiger partial charge on any atom is -0.490 e. The van der Waals surface area contributed by atoms with Gasteiger partial charge in [-0.25, -0.2) is 14.3 Å². The lowest BCUT2D eigenvalue weighted by atomic mass is 10.2. The van der Waals surface area contributed by atoms with Gasteiger partial charge < -0.3 is 18.8 Å². The van der Waals surface area contributed by atoms with Crippen molar-refractivity contribution >= 4 is 17.1 Å². The van der Waals surface area contributed by atoms with Crippen LogP contribution in [0.5, 0.6) is 5.75 Å². The van der Waals surface area contributed by atoms with E-state index in [1.54, 1.807) is 11.7 Å². The lowest BCUT2D eigenvalue weighted by Crippen LogP contribution is -2.42. The van der Waals surface area contributed by atoms with E-state index in [-0.39, 0.29) is 30.9 Å². The maximum atomic E-state index is 13.3. The first-order chi connectivity index (χ1) is 17.5. The number of imidazole rings is 1. The molecule has 4 aromatic rings. The molecule has 2 aromatic carbocycles. The Bertz CT molecular complexity index is 1440. The van der Waals surface area contributed by atoms with Crippen molar-refractivity contribution in [3.63, 3.8) is 0 Å². The average Bonchev–Trinajstić information content (AvgIpc) is 3.31. The molecule has 0 bridgehead atoms. The van der Waals surface area contributed by atoms with E-state index < -0.39 is 23.8 Å². The molecule has 0 spiro atoms. The molecule has 0 aliphatic rings. The fraction of sp³-hybridized carbons (Fsp3) is 0.308. The van der Waals surface area contributed by atoms with Gasteiger partial charge in [0.05, 0.1) is 19.5 Å². The molecule has 0 aliphatic heterocycles. The van der Waals surface area contributed by atoms with Crippen LogP contribution in [0.2, 0.25) is 0 Å². The molecule has 10 heteroatoms. The van der Waals surface area contributed by atoms with Crippen LogP contribution in [0.3, 0.4) is 0 Å². The number of fused-ring (bicyclic) bond motifs is 1. The van der Waals surface area contributed by atoms with Crippen LogP contribution in [0.25, 0.3) is 11.2 Å². The van der Waals surface area contributed by atoms with Crippen LogP contribution in [0, 0.1) is 6.92 Å². The molecule has 0 fully saturated rings. The van der Waals surface area contributed by atoms with E-state index in [9.17, 15) is 14.4 Å². The van der Waals surface area contributed by atoms with Gasteiger partial charge in [0.25, 0.3) is 5.56 Å². The number of carbonyl (C=O) groups is 1. The van der Waals surface area contributed by atoms with Crippen LogP contribution in [-0.4, -0.2) is 51.6 Å². The van der Waals surface area contributed by atoms with Crippen LogP contribution in [0.1, 0.15) is 11.1 Å². The summed E-state index contributed by atoms with van der Waals surface area (Å²) in [5, 5.41) is 0. The lowest BCUT2D eigenvalue weighted by Gasteiger charge is -2.13. The second kappa shape index (κ2) is 11.5. The highest BCUT2D eigenvalue weighted by molar-refractivity contribution is 5.72. The maximum Gasteiger partial charge on any atom is 0.333 e. The first-order valence-electron chi connectivity index (χ1n) is 11.5. The van der Waals surface area contributed by atoms with Gasteiger partial charge in [-0.2, -0.15) is 0 Å². The normalized spacial score (nSPS) is 11.1. The summed E-state index contributed by atoms with van der Waals surface area (Å²) in [4.78, 5) is 43.5. The fourth-order valence-electron chi connectivity index (χ4n) is 3.77. The molecule has 0 amide bonds. The van der Waals surface area contributed by atoms with E-state index in [2.05, 4.69) is 4.98 Å². The Labute approximate surface area is 207 Å². The number of methoxy groups -OCH3 is 1. The Hall–Kier alpha value is -4.18. The number of rotatable bonds is 11. The van der Waals surface area contributed by atoms with Crippen molar-refractivity contribution in [1.82, 2.24) is 18.7 Å². The summed E-state index contributed by atoms with van der Waals surface area (Å²) >= 11 is 0. The van der Waals surface area contributed by atoms with Crippen molar-refractivity contribution in [1.29, 1.82) is 0 Å². The van der Waals surface area contributed by atoms with Crippen molar-refractivity contribution in [2.24, 2.45) is 0 Å². The SMILES string of the molecule is COCCn1cnc2c1c(=O)n(CC(=O)OCCOc1ccc(C)cc1)c(=O)n2Cc1ccccc1. The molecule has 0 N–H and O–H groups in total. The molecule has 0 unspecified atom stereocenters. The number of benzene rings is 2. The zero-order valence-electron chi connectivity index (χ0n) is 20.3. The molecule has 10 nitrogen and oxygen atoms in total. The smallest absolute Gasteiger partial charge is 0.333 e. The first-order valence-corrected chi connectivity index (χ1v) is 11.5. The minimum absolute atomic E-state index is 0.0202. The number of aromatic nitrogens is 4. The Kier molecular flexibility index (Phi) is 7.96. The van der Waals surface area contributed by atoms with Gasteiger partial charge in [-0.1, -0.05) is 48.0 Å². The van der Waals surface area contributed by atoms with Crippen LogP contribution in [0.4, 0.5) is 0 Å². The van der Waals surface area contributed by atoms with Gasteiger partial charge in [-0.05, 0) is 24.6 Å². The monoisotopic (exact) mass is 492 g/mol. The third kappa shape index (κ3) is 5.72.